The standard InChI is InChI=1S/C19H22N8O/c1-5-26-16(18-22-19-21-17(28-4)6-11(2)27(19)24-18)8-15(23-26)14-7-13(14)12-9-20-25(3)10-12/h6,8-10,13-14H,5,7H2,1-4H3/t13?,14-/m1/s1. The molecule has 0 amide bonds. The number of aryl methyl sites for hydroxylation is 3. The van der Waals surface area contributed by atoms with Gasteiger partial charge >= 0.3 is 0 Å². The zero-order chi connectivity index (χ0) is 19.4. The molecule has 0 saturated heterocycles. The summed E-state index contributed by atoms with van der Waals surface area (Å²) in [5.74, 6) is 2.60. The van der Waals surface area contributed by atoms with Crippen molar-refractivity contribution in [3.8, 4) is 17.4 Å². The third-order valence-electron chi connectivity index (χ3n) is 5.33. The van der Waals surface area contributed by atoms with Crippen LogP contribution in [-0.4, -0.2) is 46.3 Å². The highest BCUT2D eigenvalue weighted by molar-refractivity contribution is 5.55. The zero-order valence-corrected chi connectivity index (χ0v) is 16.4. The Bertz CT molecular complexity index is 1170. The van der Waals surface area contributed by atoms with E-state index in [-0.39, 0.29) is 0 Å². The Hall–Kier alpha value is -3.23. The number of hydrogen-bond donors (Lipinski definition) is 0. The van der Waals surface area contributed by atoms with Gasteiger partial charge in [0.15, 0.2) is 0 Å². The predicted molar refractivity (Wildman–Crippen MR) is 102 cm³/mol. The van der Waals surface area contributed by atoms with Gasteiger partial charge in [-0.15, -0.1) is 5.10 Å². The normalized spacial score (nSPS) is 18.7. The fourth-order valence-corrected chi connectivity index (χ4v) is 3.76. The minimum absolute atomic E-state index is 0.424. The summed E-state index contributed by atoms with van der Waals surface area (Å²) in [5, 5.41) is 13.8. The van der Waals surface area contributed by atoms with Gasteiger partial charge in [0.1, 0.15) is 5.69 Å². The van der Waals surface area contributed by atoms with Crippen LogP contribution in [-0.2, 0) is 13.6 Å². The second kappa shape index (κ2) is 6.15. The van der Waals surface area contributed by atoms with Crippen LogP contribution in [0.25, 0.3) is 17.3 Å². The van der Waals surface area contributed by atoms with Gasteiger partial charge in [-0.1, -0.05) is 0 Å². The Kier molecular flexibility index (Phi) is 3.71. The largest absolute Gasteiger partial charge is 0.481 e. The van der Waals surface area contributed by atoms with Crippen LogP contribution in [0.1, 0.15) is 42.1 Å². The van der Waals surface area contributed by atoms with E-state index in [4.69, 9.17) is 9.84 Å². The van der Waals surface area contributed by atoms with E-state index >= 15 is 0 Å². The van der Waals surface area contributed by atoms with Crippen LogP contribution in [0.3, 0.4) is 0 Å². The molecule has 4 aromatic heterocycles. The van der Waals surface area contributed by atoms with E-state index < -0.39 is 0 Å². The lowest BCUT2D eigenvalue weighted by Crippen LogP contribution is -2.01. The predicted octanol–water partition coefficient (Wildman–Crippen LogP) is 2.33. The minimum Gasteiger partial charge on any atom is -0.481 e. The highest BCUT2D eigenvalue weighted by atomic mass is 16.5. The Labute approximate surface area is 162 Å². The second-order valence-electron chi connectivity index (χ2n) is 7.25. The summed E-state index contributed by atoms with van der Waals surface area (Å²) in [6.45, 7) is 4.79. The Morgan fingerprint density at radius 2 is 2.04 bits per heavy atom. The summed E-state index contributed by atoms with van der Waals surface area (Å²) >= 11 is 0. The first-order valence-electron chi connectivity index (χ1n) is 9.42. The van der Waals surface area contributed by atoms with E-state index in [2.05, 4.69) is 39.4 Å². The molecule has 1 aliphatic rings. The maximum atomic E-state index is 5.25. The van der Waals surface area contributed by atoms with Crippen LogP contribution >= 0.6 is 0 Å². The quantitative estimate of drug-likeness (QED) is 0.530. The molecule has 28 heavy (non-hydrogen) atoms. The number of fused-ring (bicyclic) bond motifs is 1. The van der Waals surface area contributed by atoms with Crippen molar-refractivity contribution >= 4 is 5.78 Å². The van der Waals surface area contributed by atoms with E-state index in [0.717, 1.165) is 30.0 Å². The number of ether oxygens (including phenoxy) is 1. The average molecular weight is 378 g/mol. The lowest BCUT2D eigenvalue weighted by Gasteiger charge is -2.00. The third-order valence-corrected chi connectivity index (χ3v) is 5.33. The lowest BCUT2D eigenvalue weighted by molar-refractivity contribution is 0.397. The smallest absolute Gasteiger partial charge is 0.256 e. The molecule has 2 atom stereocenters. The van der Waals surface area contributed by atoms with Crippen molar-refractivity contribution in [1.82, 2.24) is 39.1 Å². The molecule has 4 heterocycles. The monoisotopic (exact) mass is 378 g/mol. The molecule has 0 N–H and O–H groups in total. The van der Waals surface area contributed by atoms with E-state index in [1.54, 1.807) is 11.6 Å². The molecule has 9 nitrogen and oxygen atoms in total. The summed E-state index contributed by atoms with van der Waals surface area (Å²) in [6, 6.07) is 3.96. The molecule has 9 heteroatoms. The first kappa shape index (κ1) is 16.9. The first-order valence-corrected chi connectivity index (χ1v) is 9.42. The summed E-state index contributed by atoms with van der Waals surface area (Å²) in [4.78, 5) is 9.01. The molecule has 144 valence electrons. The molecular weight excluding hydrogens is 356 g/mol. The van der Waals surface area contributed by atoms with Crippen molar-refractivity contribution < 1.29 is 4.74 Å². The average Bonchev–Trinajstić information content (AvgIpc) is 3.04. The summed E-state index contributed by atoms with van der Waals surface area (Å²) in [5.41, 5.74) is 4.20. The van der Waals surface area contributed by atoms with Crippen LogP contribution in [0.5, 0.6) is 5.88 Å². The minimum atomic E-state index is 0.424. The molecule has 1 saturated carbocycles. The van der Waals surface area contributed by atoms with Gasteiger partial charge in [-0.25, -0.2) is 4.52 Å². The molecule has 0 aliphatic heterocycles. The van der Waals surface area contributed by atoms with Crippen molar-refractivity contribution in [2.24, 2.45) is 7.05 Å². The number of nitrogens with zero attached hydrogens (tertiary/aromatic N) is 8. The lowest BCUT2D eigenvalue weighted by atomic mass is 10.1. The Morgan fingerprint density at radius 1 is 1.18 bits per heavy atom. The Morgan fingerprint density at radius 3 is 2.75 bits per heavy atom. The molecule has 1 fully saturated rings. The molecule has 5 rings (SSSR count). The highest BCUT2D eigenvalue weighted by Gasteiger charge is 2.42. The van der Waals surface area contributed by atoms with Gasteiger partial charge < -0.3 is 4.74 Å². The Balaban J connectivity index is 1.51. The van der Waals surface area contributed by atoms with Crippen molar-refractivity contribution in [3.05, 3.63) is 41.5 Å². The fourth-order valence-electron chi connectivity index (χ4n) is 3.76. The maximum Gasteiger partial charge on any atom is 0.256 e. The molecular formula is C19H22N8O. The number of rotatable bonds is 5. The van der Waals surface area contributed by atoms with Crippen LogP contribution in [0.2, 0.25) is 0 Å². The zero-order valence-electron chi connectivity index (χ0n) is 16.4. The second-order valence-corrected chi connectivity index (χ2v) is 7.25. The highest BCUT2D eigenvalue weighted by Crippen LogP contribution is 2.54. The molecule has 1 unspecified atom stereocenters. The molecule has 1 aliphatic carbocycles. The number of methoxy groups -OCH3 is 1. The molecule has 0 bridgehead atoms. The van der Waals surface area contributed by atoms with Gasteiger partial charge in [0.2, 0.25) is 11.7 Å². The van der Waals surface area contributed by atoms with Gasteiger partial charge in [-0.05, 0) is 37.8 Å². The van der Waals surface area contributed by atoms with Gasteiger partial charge in [-0.3, -0.25) is 9.36 Å². The van der Waals surface area contributed by atoms with Crippen molar-refractivity contribution in [2.75, 3.05) is 7.11 Å². The van der Waals surface area contributed by atoms with E-state index in [9.17, 15) is 0 Å². The van der Waals surface area contributed by atoms with E-state index in [1.165, 1.54) is 5.56 Å². The SMILES string of the molecule is CCn1nc([C@@H]2CC2c2cnn(C)c2)cc1-c1nc2nc(OC)cc(C)n2n1. The van der Waals surface area contributed by atoms with Gasteiger partial charge in [-0.2, -0.15) is 20.2 Å². The third kappa shape index (κ3) is 2.65. The van der Waals surface area contributed by atoms with Crippen LogP contribution in [0.4, 0.5) is 0 Å². The summed E-state index contributed by atoms with van der Waals surface area (Å²) in [6.07, 6.45) is 5.14. The molecule has 0 spiro atoms. The van der Waals surface area contributed by atoms with Gasteiger partial charge in [0.25, 0.3) is 5.78 Å². The van der Waals surface area contributed by atoms with Gasteiger partial charge in [0, 0.05) is 37.5 Å². The maximum absolute atomic E-state index is 5.25. The molecule has 0 aromatic carbocycles. The topological polar surface area (TPSA) is 88.0 Å². The molecule has 4 aromatic rings. The van der Waals surface area contributed by atoms with Crippen molar-refractivity contribution in [3.63, 3.8) is 0 Å². The summed E-state index contributed by atoms with van der Waals surface area (Å²) < 4.78 is 10.8. The number of aromatic nitrogens is 8. The van der Waals surface area contributed by atoms with Crippen LogP contribution in [0.15, 0.2) is 24.5 Å². The van der Waals surface area contributed by atoms with Crippen molar-refractivity contribution in [2.45, 2.75) is 38.6 Å². The van der Waals surface area contributed by atoms with Gasteiger partial charge in [0.05, 0.1) is 19.0 Å². The molecule has 0 radical (unpaired) electrons. The van der Waals surface area contributed by atoms with Crippen molar-refractivity contribution in [1.29, 1.82) is 0 Å². The summed E-state index contributed by atoms with van der Waals surface area (Å²) in [7, 11) is 3.55. The van der Waals surface area contributed by atoms with E-state index in [1.807, 2.05) is 35.6 Å². The van der Waals surface area contributed by atoms with Crippen LogP contribution < -0.4 is 4.74 Å². The fraction of sp³-hybridized carbons (Fsp3) is 0.421. The number of hydrogen-bond acceptors (Lipinski definition) is 6. The van der Waals surface area contributed by atoms with Crippen LogP contribution in [0, 0.1) is 6.92 Å². The van der Waals surface area contributed by atoms with E-state index in [0.29, 0.717) is 29.3 Å². The first-order chi connectivity index (χ1) is 13.6.